The van der Waals surface area contributed by atoms with Gasteiger partial charge in [0.25, 0.3) is 0 Å². The van der Waals surface area contributed by atoms with Gasteiger partial charge >= 0.3 is 5.97 Å². The Morgan fingerprint density at radius 2 is 1.95 bits per heavy atom. The van der Waals surface area contributed by atoms with Gasteiger partial charge in [0.1, 0.15) is 6.54 Å². The van der Waals surface area contributed by atoms with E-state index >= 15 is 0 Å². The van der Waals surface area contributed by atoms with E-state index in [0.717, 1.165) is 5.56 Å². The second-order valence-electron chi connectivity index (χ2n) is 5.15. The first-order chi connectivity index (χ1) is 9.88. The summed E-state index contributed by atoms with van der Waals surface area (Å²) < 4.78 is 1.19. The molecule has 0 unspecified atom stereocenters. The zero-order valence-corrected chi connectivity index (χ0v) is 11.8. The monoisotopic (exact) mass is 288 g/mol. The Balaban J connectivity index is 2.02. The Bertz CT molecular complexity index is 649. The molecule has 1 amide bonds. The summed E-state index contributed by atoms with van der Waals surface area (Å²) in [5.74, 6) is -1.45. The zero-order chi connectivity index (χ0) is 15.5. The summed E-state index contributed by atoms with van der Waals surface area (Å²) in [5, 5.41) is 18.7. The predicted octanol–water partition coefficient (Wildman–Crippen LogP) is 1.03. The van der Waals surface area contributed by atoms with Crippen molar-refractivity contribution in [1.29, 1.82) is 0 Å². The van der Waals surface area contributed by atoms with Gasteiger partial charge in [-0.1, -0.05) is 35.5 Å². The van der Waals surface area contributed by atoms with Gasteiger partial charge in [-0.3, -0.25) is 4.79 Å². The van der Waals surface area contributed by atoms with E-state index in [1.807, 2.05) is 44.2 Å². The van der Waals surface area contributed by atoms with Crippen LogP contribution in [0, 0.1) is 0 Å². The largest absolute Gasteiger partial charge is 0.476 e. The molecule has 0 spiro atoms. The number of hydrogen-bond acceptors (Lipinski definition) is 4. The van der Waals surface area contributed by atoms with Crippen molar-refractivity contribution < 1.29 is 14.7 Å². The van der Waals surface area contributed by atoms with Gasteiger partial charge in [-0.05, 0) is 19.4 Å². The number of aromatic nitrogens is 3. The molecule has 1 aromatic heterocycles. The molecule has 0 aliphatic rings. The number of benzene rings is 1. The highest BCUT2D eigenvalue weighted by Crippen LogP contribution is 2.19. The highest BCUT2D eigenvalue weighted by Gasteiger charge is 2.22. The number of carboxylic acid groups (broad SMARTS) is 1. The number of carbonyl (C=O) groups excluding carboxylic acids is 1. The minimum Gasteiger partial charge on any atom is -0.476 e. The predicted molar refractivity (Wildman–Crippen MR) is 74.6 cm³/mol. The minimum atomic E-state index is -1.17. The van der Waals surface area contributed by atoms with Crippen LogP contribution in [0.25, 0.3) is 0 Å². The lowest BCUT2D eigenvalue weighted by molar-refractivity contribution is -0.123. The molecule has 21 heavy (non-hydrogen) atoms. The summed E-state index contributed by atoms with van der Waals surface area (Å²) in [5.41, 5.74) is 0.252. The standard InChI is InChI=1S/C14H16N4O3/c1-14(2,10-6-4-3-5-7-10)15-12(19)9-18-8-11(13(20)21)16-17-18/h3-8H,9H2,1-2H3,(H,15,19)(H,20,21). The summed E-state index contributed by atoms with van der Waals surface area (Å²) in [4.78, 5) is 22.7. The maximum absolute atomic E-state index is 12.0. The van der Waals surface area contributed by atoms with Gasteiger partial charge in [-0.2, -0.15) is 0 Å². The summed E-state index contributed by atoms with van der Waals surface area (Å²) >= 11 is 0. The van der Waals surface area contributed by atoms with Crippen LogP contribution in [-0.2, 0) is 16.9 Å². The highest BCUT2D eigenvalue weighted by molar-refractivity contribution is 5.84. The molecule has 2 N–H and O–H groups in total. The van der Waals surface area contributed by atoms with Crippen LogP contribution in [0.2, 0.25) is 0 Å². The first kappa shape index (κ1) is 14.7. The fourth-order valence-electron chi connectivity index (χ4n) is 1.94. The van der Waals surface area contributed by atoms with Crippen LogP contribution in [0.3, 0.4) is 0 Å². The third-order valence-electron chi connectivity index (χ3n) is 3.01. The van der Waals surface area contributed by atoms with E-state index in [2.05, 4.69) is 15.6 Å². The number of aromatic carboxylic acids is 1. The maximum atomic E-state index is 12.0. The van der Waals surface area contributed by atoms with Crippen molar-refractivity contribution in [3.05, 3.63) is 47.8 Å². The van der Waals surface area contributed by atoms with Crippen LogP contribution >= 0.6 is 0 Å². The number of rotatable bonds is 5. The summed E-state index contributed by atoms with van der Waals surface area (Å²) in [6, 6.07) is 9.57. The molecule has 110 valence electrons. The molecule has 0 atom stereocenters. The number of carbonyl (C=O) groups is 2. The number of hydrogen-bond donors (Lipinski definition) is 2. The molecule has 0 bridgehead atoms. The average Bonchev–Trinajstić information content (AvgIpc) is 2.87. The number of carboxylic acids is 1. The minimum absolute atomic E-state index is 0.0868. The molecule has 2 aromatic rings. The molecular formula is C14H16N4O3. The Morgan fingerprint density at radius 3 is 2.52 bits per heavy atom. The maximum Gasteiger partial charge on any atom is 0.358 e. The zero-order valence-electron chi connectivity index (χ0n) is 11.8. The van der Waals surface area contributed by atoms with Gasteiger partial charge in [-0.15, -0.1) is 5.10 Å². The van der Waals surface area contributed by atoms with Crippen molar-refractivity contribution in [2.75, 3.05) is 0 Å². The van der Waals surface area contributed by atoms with E-state index in [1.54, 1.807) is 0 Å². The molecule has 7 nitrogen and oxygen atoms in total. The molecule has 0 saturated heterocycles. The van der Waals surface area contributed by atoms with Crippen molar-refractivity contribution in [2.45, 2.75) is 25.9 Å². The molecule has 1 heterocycles. The fraction of sp³-hybridized carbons (Fsp3) is 0.286. The molecule has 0 aliphatic heterocycles. The van der Waals surface area contributed by atoms with Crippen molar-refractivity contribution in [3.8, 4) is 0 Å². The van der Waals surface area contributed by atoms with E-state index in [0.29, 0.717) is 0 Å². The van der Waals surface area contributed by atoms with Gasteiger partial charge in [0.05, 0.1) is 11.7 Å². The van der Waals surface area contributed by atoms with Crippen LogP contribution in [-0.4, -0.2) is 32.0 Å². The summed E-state index contributed by atoms with van der Waals surface area (Å²) in [6.07, 6.45) is 1.22. The molecule has 0 radical (unpaired) electrons. The van der Waals surface area contributed by atoms with E-state index in [-0.39, 0.29) is 18.1 Å². The fourth-order valence-corrected chi connectivity index (χ4v) is 1.94. The summed E-state index contributed by atoms with van der Waals surface area (Å²) in [6.45, 7) is 3.70. The Kier molecular flexibility index (Phi) is 4.02. The lowest BCUT2D eigenvalue weighted by Crippen LogP contribution is -2.42. The van der Waals surface area contributed by atoms with Gasteiger partial charge in [0.2, 0.25) is 5.91 Å². The first-order valence-electron chi connectivity index (χ1n) is 6.38. The van der Waals surface area contributed by atoms with Crippen molar-refractivity contribution in [1.82, 2.24) is 20.3 Å². The highest BCUT2D eigenvalue weighted by atomic mass is 16.4. The first-order valence-corrected chi connectivity index (χ1v) is 6.38. The van der Waals surface area contributed by atoms with Crippen LogP contribution in [0.15, 0.2) is 36.5 Å². The topological polar surface area (TPSA) is 97.1 Å². The van der Waals surface area contributed by atoms with Crippen molar-refractivity contribution in [2.24, 2.45) is 0 Å². The summed E-state index contributed by atoms with van der Waals surface area (Å²) in [7, 11) is 0. The van der Waals surface area contributed by atoms with Crippen molar-refractivity contribution in [3.63, 3.8) is 0 Å². The van der Waals surface area contributed by atoms with E-state index in [4.69, 9.17) is 5.11 Å². The third kappa shape index (κ3) is 3.65. The van der Waals surface area contributed by atoms with Crippen LogP contribution < -0.4 is 5.32 Å². The lowest BCUT2D eigenvalue weighted by Gasteiger charge is -2.26. The smallest absolute Gasteiger partial charge is 0.358 e. The number of amides is 1. The normalized spacial score (nSPS) is 11.1. The molecule has 2 rings (SSSR count). The van der Waals surface area contributed by atoms with E-state index in [1.165, 1.54) is 10.9 Å². The Labute approximate surface area is 121 Å². The Hall–Kier alpha value is -2.70. The quantitative estimate of drug-likeness (QED) is 0.856. The molecule has 0 saturated carbocycles. The van der Waals surface area contributed by atoms with Crippen LogP contribution in [0.1, 0.15) is 29.9 Å². The molecule has 0 fully saturated rings. The van der Waals surface area contributed by atoms with E-state index in [9.17, 15) is 9.59 Å². The van der Waals surface area contributed by atoms with E-state index < -0.39 is 11.5 Å². The second-order valence-corrected chi connectivity index (χ2v) is 5.15. The van der Waals surface area contributed by atoms with Crippen LogP contribution in [0.4, 0.5) is 0 Å². The molecular weight excluding hydrogens is 272 g/mol. The van der Waals surface area contributed by atoms with Gasteiger partial charge in [-0.25, -0.2) is 9.48 Å². The SMILES string of the molecule is CC(C)(NC(=O)Cn1cc(C(=O)O)nn1)c1ccccc1. The molecule has 1 aromatic carbocycles. The third-order valence-corrected chi connectivity index (χ3v) is 3.01. The van der Waals surface area contributed by atoms with Gasteiger partial charge in [0, 0.05) is 0 Å². The van der Waals surface area contributed by atoms with Crippen LogP contribution in [0.5, 0.6) is 0 Å². The van der Waals surface area contributed by atoms with Gasteiger partial charge < -0.3 is 10.4 Å². The number of nitrogens with zero attached hydrogens (tertiary/aromatic N) is 3. The average molecular weight is 288 g/mol. The molecule has 7 heteroatoms. The Morgan fingerprint density at radius 1 is 1.29 bits per heavy atom. The molecule has 0 aliphatic carbocycles. The lowest BCUT2D eigenvalue weighted by atomic mass is 9.94. The van der Waals surface area contributed by atoms with Crippen molar-refractivity contribution >= 4 is 11.9 Å². The number of nitrogens with one attached hydrogen (secondary N) is 1. The second kappa shape index (κ2) is 5.74. The van der Waals surface area contributed by atoms with Gasteiger partial charge in [0.15, 0.2) is 5.69 Å².